The molecule has 0 heterocycles. The molecule has 4 nitrogen and oxygen atoms in total. The first-order valence-electron chi connectivity index (χ1n) is 8.28. The fourth-order valence-corrected chi connectivity index (χ4v) is 5.46. The Morgan fingerprint density at radius 2 is 1.95 bits per heavy atom. The predicted molar refractivity (Wildman–Crippen MR) is 79.9 cm³/mol. The Morgan fingerprint density at radius 3 is 2.73 bits per heavy atom. The maximum absolute atomic E-state index is 12.3. The lowest BCUT2D eigenvalue weighted by molar-refractivity contribution is -0.130. The summed E-state index contributed by atoms with van der Waals surface area (Å²) in [6, 6.07) is 0. The second-order valence-corrected chi connectivity index (χ2v) is 7.57. The molecule has 2 N–H and O–H groups in total. The van der Waals surface area contributed by atoms with Crippen LogP contribution in [0, 0.1) is 17.3 Å². The van der Waals surface area contributed by atoms with Crippen LogP contribution in [0.25, 0.3) is 0 Å². The average molecular weight is 302 g/mol. The van der Waals surface area contributed by atoms with Crippen molar-refractivity contribution in [3.05, 3.63) is 22.8 Å². The van der Waals surface area contributed by atoms with Crippen LogP contribution in [-0.4, -0.2) is 34.0 Å². The molecule has 0 radical (unpaired) electrons. The number of carbonyl (C=O) groups excluding carboxylic acids is 2. The fourth-order valence-electron chi connectivity index (χ4n) is 5.46. The molecule has 0 saturated heterocycles. The van der Waals surface area contributed by atoms with Crippen molar-refractivity contribution < 1.29 is 19.8 Å². The fraction of sp³-hybridized carbons (Fsp3) is 0.667. The summed E-state index contributed by atoms with van der Waals surface area (Å²) in [5.74, 6) is 0.262. The molecule has 0 aromatic rings. The van der Waals surface area contributed by atoms with Crippen LogP contribution in [0.1, 0.15) is 45.4 Å². The molecule has 0 aromatic heterocycles. The van der Waals surface area contributed by atoms with Crippen LogP contribution in [0.2, 0.25) is 0 Å². The van der Waals surface area contributed by atoms with Crippen LogP contribution in [0.5, 0.6) is 0 Å². The highest BCUT2D eigenvalue weighted by atomic mass is 16.3. The predicted octanol–water partition coefficient (Wildman–Crippen LogP) is 1.70. The largest absolute Gasteiger partial charge is 0.392 e. The van der Waals surface area contributed by atoms with Crippen molar-refractivity contribution in [3.63, 3.8) is 0 Å². The quantitative estimate of drug-likeness (QED) is 0.714. The number of allylic oxidation sites excluding steroid dienone is 3. The molecule has 0 aromatic carbocycles. The Balaban J connectivity index is 1.83. The monoisotopic (exact) mass is 302 g/mol. The Hall–Kier alpha value is -1.26. The third-order valence-electron chi connectivity index (χ3n) is 6.41. The van der Waals surface area contributed by atoms with Gasteiger partial charge in [0.05, 0.1) is 12.2 Å². The summed E-state index contributed by atoms with van der Waals surface area (Å²) in [5.41, 5.74) is 2.63. The SMILES string of the molecule is C[C@]12C[C@H](O)C3=C4CCC(=O)C=C4CC[C@H]3[C@@H]1[C@@H](O)CC2=O. The molecule has 0 aliphatic heterocycles. The number of hydrogen-bond donors (Lipinski definition) is 2. The van der Waals surface area contributed by atoms with Crippen molar-refractivity contribution in [1.82, 2.24) is 0 Å². The number of ketones is 2. The molecule has 4 aliphatic rings. The minimum absolute atomic E-state index is 0.0786. The molecule has 4 heteroatoms. The van der Waals surface area contributed by atoms with Gasteiger partial charge in [-0.3, -0.25) is 9.59 Å². The number of aliphatic hydroxyl groups excluding tert-OH is 2. The van der Waals surface area contributed by atoms with Gasteiger partial charge in [0, 0.05) is 24.2 Å². The van der Waals surface area contributed by atoms with Gasteiger partial charge in [0.25, 0.3) is 0 Å². The molecule has 22 heavy (non-hydrogen) atoms. The van der Waals surface area contributed by atoms with E-state index in [-0.39, 0.29) is 29.8 Å². The van der Waals surface area contributed by atoms with Gasteiger partial charge in [-0.2, -0.15) is 0 Å². The van der Waals surface area contributed by atoms with Gasteiger partial charge in [-0.15, -0.1) is 0 Å². The van der Waals surface area contributed by atoms with E-state index in [1.807, 2.05) is 6.92 Å². The third-order valence-corrected chi connectivity index (χ3v) is 6.41. The summed E-state index contributed by atoms with van der Waals surface area (Å²) >= 11 is 0. The number of hydrogen-bond acceptors (Lipinski definition) is 4. The van der Waals surface area contributed by atoms with Crippen molar-refractivity contribution >= 4 is 11.6 Å². The highest BCUT2D eigenvalue weighted by molar-refractivity contribution is 5.93. The number of Topliss-reactive ketones (excluding diaryl/α,β-unsaturated/α-hetero) is 1. The molecule has 0 unspecified atom stereocenters. The summed E-state index contributed by atoms with van der Waals surface area (Å²) in [6.07, 6.45) is 3.98. The summed E-state index contributed by atoms with van der Waals surface area (Å²) in [7, 11) is 0. The van der Waals surface area contributed by atoms with Crippen LogP contribution in [-0.2, 0) is 9.59 Å². The van der Waals surface area contributed by atoms with Gasteiger partial charge in [-0.05, 0) is 54.4 Å². The van der Waals surface area contributed by atoms with Gasteiger partial charge < -0.3 is 10.2 Å². The lowest BCUT2D eigenvalue weighted by Crippen LogP contribution is -2.48. The molecule has 4 rings (SSSR count). The van der Waals surface area contributed by atoms with E-state index in [2.05, 4.69) is 0 Å². The molecule has 4 aliphatic carbocycles. The zero-order chi connectivity index (χ0) is 15.6. The maximum Gasteiger partial charge on any atom is 0.156 e. The zero-order valence-electron chi connectivity index (χ0n) is 12.8. The van der Waals surface area contributed by atoms with Gasteiger partial charge >= 0.3 is 0 Å². The minimum atomic E-state index is -0.618. The van der Waals surface area contributed by atoms with Gasteiger partial charge in [0.1, 0.15) is 5.78 Å². The molecule has 0 bridgehead atoms. The summed E-state index contributed by atoms with van der Waals surface area (Å²) in [5, 5.41) is 21.2. The maximum atomic E-state index is 12.3. The smallest absolute Gasteiger partial charge is 0.156 e. The van der Waals surface area contributed by atoms with E-state index < -0.39 is 17.6 Å². The van der Waals surface area contributed by atoms with E-state index in [0.717, 1.165) is 29.6 Å². The molecule has 2 fully saturated rings. The molecule has 0 amide bonds. The number of aliphatic hydroxyl groups is 2. The van der Waals surface area contributed by atoms with E-state index in [9.17, 15) is 19.8 Å². The first kappa shape index (κ1) is 14.3. The third kappa shape index (κ3) is 1.77. The Bertz CT molecular complexity index is 629. The Labute approximate surface area is 129 Å². The van der Waals surface area contributed by atoms with E-state index >= 15 is 0 Å². The highest BCUT2D eigenvalue weighted by Gasteiger charge is 2.59. The molecular weight excluding hydrogens is 280 g/mol. The lowest BCUT2D eigenvalue weighted by Gasteiger charge is -2.49. The topological polar surface area (TPSA) is 74.6 Å². The van der Waals surface area contributed by atoms with Crippen molar-refractivity contribution in [3.8, 4) is 0 Å². The number of carbonyl (C=O) groups is 2. The Morgan fingerprint density at radius 1 is 1.18 bits per heavy atom. The molecular formula is C18H22O4. The van der Waals surface area contributed by atoms with Crippen LogP contribution >= 0.6 is 0 Å². The van der Waals surface area contributed by atoms with E-state index in [4.69, 9.17) is 0 Å². The second-order valence-electron chi connectivity index (χ2n) is 7.57. The van der Waals surface area contributed by atoms with Crippen LogP contribution < -0.4 is 0 Å². The van der Waals surface area contributed by atoms with Crippen molar-refractivity contribution in [1.29, 1.82) is 0 Å². The van der Waals surface area contributed by atoms with Gasteiger partial charge in [0.15, 0.2) is 5.78 Å². The van der Waals surface area contributed by atoms with Gasteiger partial charge in [-0.25, -0.2) is 0 Å². The van der Waals surface area contributed by atoms with Crippen molar-refractivity contribution in [2.75, 3.05) is 0 Å². The average Bonchev–Trinajstić information content (AvgIpc) is 2.67. The zero-order valence-corrected chi connectivity index (χ0v) is 12.8. The first-order valence-corrected chi connectivity index (χ1v) is 8.28. The first-order chi connectivity index (χ1) is 10.4. The van der Waals surface area contributed by atoms with E-state index in [1.54, 1.807) is 6.08 Å². The number of rotatable bonds is 0. The summed E-state index contributed by atoms with van der Waals surface area (Å²) in [4.78, 5) is 24.0. The Kier molecular flexibility index (Phi) is 3.01. The van der Waals surface area contributed by atoms with Gasteiger partial charge in [0.2, 0.25) is 0 Å². The van der Waals surface area contributed by atoms with Crippen molar-refractivity contribution in [2.24, 2.45) is 17.3 Å². The van der Waals surface area contributed by atoms with E-state index in [0.29, 0.717) is 19.3 Å². The van der Waals surface area contributed by atoms with Gasteiger partial charge in [-0.1, -0.05) is 6.92 Å². The molecule has 2 saturated carbocycles. The molecule has 0 spiro atoms. The van der Waals surface area contributed by atoms with Crippen LogP contribution in [0.3, 0.4) is 0 Å². The van der Waals surface area contributed by atoms with Crippen LogP contribution in [0.15, 0.2) is 22.8 Å². The lowest BCUT2D eigenvalue weighted by atomic mass is 9.56. The highest BCUT2D eigenvalue weighted by Crippen LogP contribution is 2.58. The van der Waals surface area contributed by atoms with Crippen LogP contribution in [0.4, 0.5) is 0 Å². The van der Waals surface area contributed by atoms with E-state index in [1.165, 1.54) is 0 Å². The normalized spacial score (nSPS) is 44.4. The van der Waals surface area contributed by atoms with Crippen molar-refractivity contribution in [2.45, 2.75) is 57.7 Å². The number of fused-ring (bicyclic) bond motifs is 4. The second kappa shape index (κ2) is 4.62. The summed E-state index contributed by atoms with van der Waals surface area (Å²) < 4.78 is 0. The molecule has 118 valence electrons. The summed E-state index contributed by atoms with van der Waals surface area (Å²) in [6.45, 7) is 1.91. The standard InChI is InChI=1S/C18H22O4/c1-18-8-14(21)16-11-5-3-10(19)6-9(11)2-4-12(16)17(18)13(20)7-15(18)22/h6,12-14,17,20-21H,2-5,7-8H2,1H3/t12-,13+,14+,17-,18-/m1/s1. The minimum Gasteiger partial charge on any atom is -0.392 e. The molecule has 5 atom stereocenters.